The number of fused-ring (bicyclic) bond motifs is 1. The molecular formula is C23H27N7O4. The van der Waals surface area contributed by atoms with Crippen LogP contribution >= 0.6 is 0 Å². The van der Waals surface area contributed by atoms with Crippen molar-refractivity contribution >= 4 is 11.6 Å². The number of rotatable bonds is 7. The van der Waals surface area contributed by atoms with Gasteiger partial charge in [-0.3, -0.25) is 9.78 Å². The third kappa shape index (κ3) is 4.88. The van der Waals surface area contributed by atoms with Gasteiger partial charge in [-0.05, 0) is 37.5 Å². The lowest BCUT2D eigenvalue weighted by molar-refractivity contribution is 0.0922. The summed E-state index contributed by atoms with van der Waals surface area (Å²) in [7, 11) is 0. The fraction of sp³-hybridized carbons (Fsp3) is 0.391. The van der Waals surface area contributed by atoms with Crippen LogP contribution in [0.25, 0.3) is 17.2 Å². The Hall–Kier alpha value is -3.86. The monoisotopic (exact) mass is 465 g/mol. The predicted octanol–water partition coefficient (Wildman–Crippen LogP) is 2.47. The van der Waals surface area contributed by atoms with Gasteiger partial charge in [-0.25, -0.2) is 0 Å². The molecule has 0 fully saturated rings. The molecule has 11 heteroatoms. The van der Waals surface area contributed by atoms with Crippen LogP contribution in [0.4, 0.5) is 0 Å². The van der Waals surface area contributed by atoms with Gasteiger partial charge in [0.05, 0.1) is 17.9 Å². The van der Waals surface area contributed by atoms with E-state index in [9.17, 15) is 4.79 Å². The second-order valence-corrected chi connectivity index (χ2v) is 9.11. The highest BCUT2D eigenvalue weighted by Crippen LogP contribution is 2.32. The number of ether oxygens (including phenoxy) is 1. The zero-order chi connectivity index (χ0) is 24.5. The molecule has 0 spiro atoms. The number of aromatic nitrogens is 6. The van der Waals surface area contributed by atoms with Gasteiger partial charge in [0, 0.05) is 23.9 Å². The summed E-state index contributed by atoms with van der Waals surface area (Å²) in [5.74, 6) is 1.22. The number of carbonyl (C=O) groups excluding carboxylic acids is 1. The molecule has 11 nitrogen and oxygen atoms in total. The Kier molecular flexibility index (Phi) is 6.29. The molecule has 4 heterocycles. The van der Waals surface area contributed by atoms with Gasteiger partial charge in [-0.15, -0.1) is 15.3 Å². The zero-order valence-corrected chi connectivity index (χ0v) is 19.7. The highest BCUT2D eigenvalue weighted by Gasteiger charge is 2.24. The van der Waals surface area contributed by atoms with Crippen molar-refractivity contribution in [3.8, 4) is 17.4 Å². The molecular weight excluding hydrogens is 438 g/mol. The van der Waals surface area contributed by atoms with Gasteiger partial charge in [0.15, 0.2) is 11.3 Å². The number of aliphatic hydroxyl groups is 1. The van der Waals surface area contributed by atoms with Crippen molar-refractivity contribution in [1.29, 1.82) is 0 Å². The van der Waals surface area contributed by atoms with Crippen molar-refractivity contribution in [1.82, 2.24) is 35.3 Å². The van der Waals surface area contributed by atoms with Crippen LogP contribution in [-0.2, 0) is 12.0 Å². The van der Waals surface area contributed by atoms with E-state index in [1.165, 1.54) is 6.20 Å². The Bertz CT molecular complexity index is 1310. The molecule has 0 saturated heterocycles. The number of nitrogens with zero attached hydrogens (tertiary/aromatic N) is 6. The molecule has 0 aliphatic heterocycles. The highest BCUT2D eigenvalue weighted by atomic mass is 16.5. The lowest BCUT2D eigenvalue weighted by atomic mass is 9.88. The fourth-order valence-electron chi connectivity index (χ4n) is 3.23. The third-order valence-corrected chi connectivity index (χ3v) is 5.12. The van der Waals surface area contributed by atoms with Crippen molar-refractivity contribution in [2.75, 3.05) is 6.61 Å². The summed E-state index contributed by atoms with van der Waals surface area (Å²) in [6, 6.07) is 6.71. The summed E-state index contributed by atoms with van der Waals surface area (Å²) in [5.41, 5.74) is 2.72. The van der Waals surface area contributed by atoms with Gasteiger partial charge in [0.25, 0.3) is 5.91 Å². The molecule has 2 N–H and O–H groups in total. The molecule has 1 atom stereocenters. The van der Waals surface area contributed by atoms with Gasteiger partial charge >= 0.3 is 0 Å². The topological polar surface area (TPSA) is 141 Å². The van der Waals surface area contributed by atoms with Crippen LogP contribution in [0.5, 0.6) is 5.88 Å². The van der Waals surface area contributed by atoms with Gasteiger partial charge in [-0.2, -0.15) is 4.52 Å². The fourth-order valence-corrected chi connectivity index (χ4v) is 3.23. The average molecular weight is 466 g/mol. The van der Waals surface area contributed by atoms with E-state index in [-0.39, 0.29) is 30.6 Å². The van der Waals surface area contributed by atoms with Crippen molar-refractivity contribution in [2.24, 2.45) is 0 Å². The molecule has 0 unspecified atom stereocenters. The molecule has 0 bridgehead atoms. The number of aryl methyl sites for hydroxylation is 1. The number of amides is 1. The lowest BCUT2D eigenvalue weighted by Gasteiger charge is -2.21. The summed E-state index contributed by atoms with van der Waals surface area (Å²) in [6.07, 6.45) is 1.48. The van der Waals surface area contributed by atoms with Crippen LogP contribution in [0.15, 0.2) is 35.0 Å². The van der Waals surface area contributed by atoms with Gasteiger partial charge in [-0.1, -0.05) is 25.9 Å². The van der Waals surface area contributed by atoms with Crippen molar-refractivity contribution < 1.29 is 19.2 Å². The molecule has 0 radical (unpaired) electrons. The lowest BCUT2D eigenvalue weighted by Crippen LogP contribution is -2.35. The van der Waals surface area contributed by atoms with Crippen LogP contribution in [0, 0.1) is 6.92 Å². The van der Waals surface area contributed by atoms with Gasteiger partial charge < -0.3 is 19.7 Å². The van der Waals surface area contributed by atoms with Crippen molar-refractivity contribution in [3.63, 3.8) is 0 Å². The predicted molar refractivity (Wildman–Crippen MR) is 122 cm³/mol. The maximum Gasteiger partial charge on any atom is 0.253 e. The number of nitrogens with one attached hydrogen (secondary N) is 1. The van der Waals surface area contributed by atoms with E-state index in [2.05, 4.69) is 51.5 Å². The first-order valence-corrected chi connectivity index (χ1v) is 10.9. The maximum atomic E-state index is 12.2. The molecule has 0 aliphatic rings. The average Bonchev–Trinajstić information content (AvgIpc) is 3.42. The molecule has 1 amide bonds. The van der Waals surface area contributed by atoms with Crippen LogP contribution in [0.2, 0.25) is 0 Å². The molecule has 178 valence electrons. The Balaban J connectivity index is 1.59. The highest BCUT2D eigenvalue weighted by molar-refractivity contribution is 5.94. The number of hydrogen-bond donors (Lipinski definition) is 2. The van der Waals surface area contributed by atoms with E-state index >= 15 is 0 Å². The second-order valence-electron chi connectivity index (χ2n) is 9.11. The number of hydrogen-bond acceptors (Lipinski definition) is 9. The minimum Gasteiger partial charge on any atom is -0.470 e. The first-order chi connectivity index (χ1) is 16.2. The maximum absolute atomic E-state index is 12.2. The Morgan fingerprint density at radius 1 is 1.26 bits per heavy atom. The summed E-state index contributed by atoms with van der Waals surface area (Å²) in [4.78, 5) is 16.5. The van der Waals surface area contributed by atoms with Crippen LogP contribution in [0.3, 0.4) is 0 Å². The van der Waals surface area contributed by atoms with E-state index < -0.39 is 0 Å². The van der Waals surface area contributed by atoms with E-state index in [0.29, 0.717) is 40.1 Å². The number of aliphatic hydroxyl groups excluding tert-OH is 1. The largest absolute Gasteiger partial charge is 0.470 e. The quantitative estimate of drug-likeness (QED) is 0.421. The Labute approximate surface area is 196 Å². The molecule has 4 aromatic heterocycles. The standard InChI is InChI=1S/C23H27N7O4/c1-13(11-31)25-21(32)15-6-7-16(24-10-15)12-33-22-17(23(3,4)5)9-19-26-27-20(30(19)28-22)18-8-14(2)34-29-18/h6-10,13,31H,11-12H2,1-5H3,(H,25,32)/t13-/m1/s1. The molecule has 4 aromatic rings. The first kappa shape index (κ1) is 23.3. The molecule has 34 heavy (non-hydrogen) atoms. The van der Waals surface area contributed by atoms with Crippen LogP contribution < -0.4 is 10.1 Å². The molecule has 0 saturated carbocycles. The molecule has 4 rings (SSSR count). The van der Waals surface area contributed by atoms with Crippen molar-refractivity contribution in [2.45, 2.75) is 52.7 Å². The SMILES string of the molecule is Cc1cc(-c2nnc3cc(C(C)(C)C)c(OCc4ccc(C(=O)N[C@H](C)CO)cn4)nn23)no1. The number of pyridine rings is 1. The summed E-state index contributed by atoms with van der Waals surface area (Å²) < 4.78 is 12.8. The minimum atomic E-state index is -0.337. The summed E-state index contributed by atoms with van der Waals surface area (Å²) >= 11 is 0. The Morgan fingerprint density at radius 3 is 2.68 bits per heavy atom. The van der Waals surface area contributed by atoms with E-state index in [1.807, 2.05) is 6.07 Å². The summed E-state index contributed by atoms with van der Waals surface area (Å²) in [5, 5.41) is 28.9. The second kappa shape index (κ2) is 9.18. The third-order valence-electron chi connectivity index (χ3n) is 5.12. The van der Waals surface area contributed by atoms with E-state index in [1.54, 1.807) is 36.6 Å². The molecule has 0 aliphatic carbocycles. The molecule has 0 aromatic carbocycles. The van der Waals surface area contributed by atoms with E-state index in [4.69, 9.17) is 14.4 Å². The number of carbonyl (C=O) groups is 1. The van der Waals surface area contributed by atoms with Gasteiger partial charge in [0.2, 0.25) is 11.7 Å². The van der Waals surface area contributed by atoms with Crippen LogP contribution in [-0.4, -0.2) is 53.6 Å². The van der Waals surface area contributed by atoms with E-state index in [0.717, 1.165) is 5.56 Å². The zero-order valence-electron chi connectivity index (χ0n) is 19.7. The van der Waals surface area contributed by atoms with Crippen molar-refractivity contribution in [3.05, 3.63) is 53.0 Å². The van der Waals surface area contributed by atoms with Gasteiger partial charge in [0.1, 0.15) is 12.4 Å². The Morgan fingerprint density at radius 2 is 2.06 bits per heavy atom. The van der Waals surface area contributed by atoms with Crippen LogP contribution in [0.1, 0.15) is 55.1 Å². The smallest absolute Gasteiger partial charge is 0.253 e. The summed E-state index contributed by atoms with van der Waals surface area (Å²) in [6.45, 7) is 9.71. The normalized spacial score (nSPS) is 12.6. The minimum absolute atomic E-state index is 0.136. The first-order valence-electron chi connectivity index (χ1n) is 10.9.